The first kappa shape index (κ1) is 13.1. The molecule has 19 heavy (non-hydrogen) atoms. The van der Waals surface area contributed by atoms with Gasteiger partial charge in [0, 0.05) is 12.6 Å². The van der Waals surface area contributed by atoms with E-state index in [1.54, 1.807) is 0 Å². The molecular weight excluding hydrogens is 238 g/mol. The number of nitrogens with one attached hydrogen (secondary N) is 1. The molecule has 2 saturated heterocycles. The Balaban J connectivity index is 2.02. The zero-order valence-corrected chi connectivity index (χ0v) is 12.1. The first-order valence-electron chi connectivity index (χ1n) is 7.11. The van der Waals surface area contributed by atoms with Crippen molar-refractivity contribution in [3.8, 4) is 0 Å². The van der Waals surface area contributed by atoms with E-state index < -0.39 is 0 Å². The highest BCUT2D eigenvalue weighted by atomic mass is 16.5. The van der Waals surface area contributed by atoms with E-state index in [9.17, 15) is 0 Å². The maximum atomic E-state index is 5.67. The van der Waals surface area contributed by atoms with E-state index >= 15 is 0 Å². The third-order valence-electron chi connectivity index (χ3n) is 4.48. The third kappa shape index (κ3) is 2.10. The molecule has 0 spiro atoms. The topological polar surface area (TPSA) is 30.5 Å². The molecule has 1 aromatic rings. The molecule has 2 aliphatic rings. The van der Waals surface area contributed by atoms with E-state index in [2.05, 4.69) is 38.2 Å². The highest BCUT2D eigenvalue weighted by Gasteiger charge is 2.49. The van der Waals surface area contributed by atoms with Crippen molar-refractivity contribution >= 4 is 0 Å². The quantitative estimate of drug-likeness (QED) is 0.881. The van der Waals surface area contributed by atoms with Crippen molar-refractivity contribution in [2.75, 3.05) is 33.0 Å². The molecule has 0 aromatic heterocycles. The molecule has 2 fully saturated rings. The molecule has 1 atom stereocenters. The van der Waals surface area contributed by atoms with Crippen molar-refractivity contribution in [2.24, 2.45) is 0 Å². The molecule has 104 valence electrons. The van der Waals surface area contributed by atoms with E-state index in [0.717, 1.165) is 33.0 Å². The Morgan fingerprint density at radius 1 is 1.11 bits per heavy atom. The summed E-state index contributed by atoms with van der Waals surface area (Å²) in [7, 11) is 0. The van der Waals surface area contributed by atoms with Gasteiger partial charge in [-0.3, -0.25) is 0 Å². The first-order chi connectivity index (χ1) is 9.13. The summed E-state index contributed by atoms with van der Waals surface area (Å²) in [5.74, 6) is 0. The van der Waals surface area contributed by atoms with Crippen molar-refractivity contribution in [2.45, 2.75) is 32.2 Å². The second kappa shape index (κ2) is 4.89. The van der Waals surface area contributed by atoms with Crippen molar-refractivity contribution in [3.05, 3.63) is 34.4 Å². The van der Waals surface area contributed by atoms with Crippen LogP contribution in [0.1, 0.15) is 22.3 Å². The Morgan fingerprint density at radius 2 is 1.79 bits per heavy atom. The van der Waals surface area contributed by atoms with Gasteiger partial charge in [0.15, 0.2) is 0 Å². The summed E-state index contributed by atoms with van der Waals surface area (Å²) in [6, 6.07) is 4.94. The lowest BCUT2D eigenvalue weighted by atomic mass is 9.69. The highest BCUT2D eigenvalue weighted by Crippen LogP contribution is 2.40. The van der Waals surface area contributed by atoms with Crippen molar-refractivity contribution in [3.63, 3.8) is 0 Å². The van der Waals surface area contributed by atoms with E-state index in [0.29, 0.717) is 6.04 Å². The molecule has 0 aliphatic carbocycles. The van der Waals surface area contributed by atoms with Crippen LogP contribution in [0.15, 0.2) is 12.1 Å². The fourth-order valence-corrected chi connectivity index (χ4v) is 3.73. The molecule has 0 radical (unpaired) electrons. The van der Waals surface area contributed by atoms with Crippen molar-refractivity contribution < 1.29 is 9.47 Å². The lowest BCUT2D eigenvalue weighted by molar-refractivity contribution is -0.101. The second-order valence-corrected chi connectivity index (χ2v) is 6.00. The normalized spacial score (nSPS) is 25.9. The molecular formula is C16H23NO2. The summed E-state index contributed by atoms with van der Waals surface area (Å²) < 4.78 is 11.3. The van der Waals surface area contributed by atoms with Gasteiger partial charge in [-0.15, -0.1) is 0 Å². The SMILES string of the molecule is Cc1cc(C)c(C2(C3COCCN3)COC2)c(C)c1. The number of rotatable bonds is 2. The van der Waals surface area contributed by atoms with Crippen LogP contribution in [0.2, 0.25) is 0 Å². The predicted octanol–water partition coefficient (Wildman–Crippen LogP) is 1.87. The van der Waals surface area contributed by atoms with Crippen LogP contribution in [-0.2, 0) is 14.9 Å². The number of hydrogen-bond acceptors (Lipinski definition) is 3. The largest absolute Gasteiger partial charge is 0.379 e. The van der Waals surface area contributed by atoms with E-state index in [4.69, 9.17) is 9.47 Å². The molecule has 2 heterocycles. The smallest absolute Gasteiger partial charge is 0.0630 e. The standard InChI is InChI=1S/C16H23NO2/c1-11-6-12(2)15(13(3)7-11)16(9-19-10-16)14-8-18-5-4-17-14/h6-7,14,17H,4-5,8-10H2,1-3H3. The van der Waals surface area contributed by atoms with Gasteiger partial charge in [0.25, 0.3) is 0 Å². The summed E-state index contributed by atoms with van der Waals surface area (Å²) in [5.41, 5.74) is 5.66. The van der Waals surface area contributed by atoms with Gasteiger partial charge in [-0.05, 0) is 37.5 Å². The zero-order chi connectivity index (χ0) is 13.5. The highest BCUT2D eigenvalue weighted by molar-refractivity contribution is 5.45. The predicted molar refractivity (Wildman–Crippen MR) is 75.8 cm³/mol. The molecule has 3 heteroatoms. The monoisotopic (exact) mass is 261 g/mol. The lowest BCUT2D eigenvalue weighted by Gasteiger charge is -2.50. The van der Waals surface area contributed by atoms with Gasteiger partial charge in [-0.1, -0.05) is 17.7 Å². The summed E-state index contributed by atoms with van der Waals surface area (Å²) in [6.07, 6.45) is 0. The number of aryl methyl sites for hydroxylation is 3. The van der Waals surface area contributed by atoms with Crippen LogP contribution in [-0.4, -0.2) is 39.0 Å². The Morgan fingerprint density at radius 3 is 2.26 bits per heavy atom. The fraction of sp³-hybridized carbons (Fsp3) is 0.625. The number of morpholine rings is 1. The second-order valence-electron chi connectivity index (χ2n) is 6.00. The van der Waals surface area contributed by atoms with Crippen LogP contribution >= 0.6 is 0 Å². The third-order valence-corrected chi connectivity index (χ3v) is 4.48. The van der Waals surface area contributed by atoms with E-state index in [1.165, 1.54) is 22.3 Å². The lowest BCUT2D eigenvalue weighted by Crippen LogP contribution is -2.64. The minimum absolute atomic E-state index is 0.0995. The Kier molecular flexibility index (Phi) is 3.37. The Labute approximate surface area is 115 Å². The minimum Gasteiger partial charge on any atom is -0.379 e. The molecule has 1 unspecified atom stereocenters. The minimum atomic E-state index is 0.0995. The Bertz CT molecular complexity index is 451. The van der Waals surface area contributed by atoms with Gasteiger partial charge in [-0.25, -0.2) is 0 Å². The van der Waals surface area contributed by atoms with Crippen LogP contribution in [0.5, 0.6) is 0 Å². The van der Waals surface area contributed by atoms with Crippen LogP contribution in [0.25, 0.3) is 0 Å². The van der Waals surface area contributed by atoms with Gasteiger partial charge in [0.05, 0.1) is 31.8 Å². The van der Waals surface area contributed by atoms with E-state index in [1.807, 2.05) is 0 Å². The van der Waals surface area contributed by atoms with Crippen molar-refractivity contribution in [1.29, 1.82) is 0 Å². The van der Waals surface area contributed by atoms with Gasteiger partial charge >= 0.3 is 0 Å². The zero-order valence-electron chi connectivity index (χ0n) is 12.1. The Hall–Kier alpha value is -0.900. The van der Waals surface area contributed by atoms with Crippen molar-refractivity contribution in [1.82, 2.24) is 5.32 Å². The van der Waals surface area contributed by atoms with Crippen LogP contribution in [0, 0.1) is 20.8 Å². The van der Waals surface area contributed by atoms with E-state index in [-0.39, 0.29) is 5.41 Å². The van der Waals surface area contributed by atoms with Gasteiger partial charge in [0.2, 0.25) is 0 Å². The summed E-state index contributed by atoms with van der Waals surface area (Å²) in [6.45, 7) is 10.8. The average molecular weight is 261 g/mol. The molecule has 2 aliphatic heterocycles. The molecule has 0 amide bonds. The maximum absolute atomic E-state index is 5.67. The van der Waals surface area contributed by atoms with Gasteiger partial charge in [0.1, 0.15) is 0 Å². The van der Waals surface area contributed by atoms with Gasteiger partial charge < -0.3 is 14.8 Å². The number of benzene rings is 1. The molecule has 3 rings (SSSR count). The fourth-order valence-electron chi connectivity index (χ4n) is 3.73. The summed E-state index contributed by atoms with van der Waals surface area (Å²) in [5, 5.41) is 3.62. The maximum Gasteiger partial charge on any atom is 0.0630 e. The molecule has 1 N–H and O–H groups in total. The molecule has 0 bridgehead atoms. The average Bonchev–Trinajstić information content (AvgIpc) is 2.32. The summed E-state index contributed by atoms with van der Waals surface area (Å²) in [4.78, 5) is 0. The van der Waals surface area contributed by atoms with Crippen LogP contribution in [0.4, 0.5) is 0 Å². The number of hydrogen-bond donors (Lipinski definition) is 1. The first-order valence-corrected chi connectivity index (χ1v) is 7.11. The molecule has 1 aromatic carbocycles. The van der Waals surface area contributed by atoms with Gasteiger partial charge in [-0.2, -0.15) is 0 Å². The van der Waals surface area contributed by atoms with Crippen LogP contribution in [0.3, 0.4) is 0 Å². The molecule has 3 nitrogen and oxygen atoms in total. The number of ether oxygens (including phenoxy) is 2. The molecule has 0 saturated carbocycles. The summed E-state index contributed by atoms with van der Waals surface area (Å²) >= 11 is 0. The van der Waals surface area contributed by atoms with Crippen LogP contribution < -0.4 is 5.32 Å².